The zero-order chi connectivity index (χ0) is 17.4. The first-order valence-electron chi connectivity index (χ1n) is 8.12. The van der Waals surface area contributed by atoms with Crippen molar-refractivity contribution >= 4 is 39.4 Å². The van der Waals surface area contributed by atoms with E-state index in [0.717, 1.165) is 17.8 Å². The van der Waals surface area contributed by atoms with Crippen LogP contribution < -0.4 is 16.2 Å². The number of nitrogens with zero attached hydrogens (tertiary/aromatic N) is 3. The van der Waals surface area contributed by atoms with Gasteiger partial charge in [0, 0.05) is 16.5 Å². The molecule has 1 aliphatic carbocycles. The van der Waals surface area contributed by atoms with Crippen LogP contribution in [-0.4, -0.2) is 20.4 Å². The number of carbonyl (C=O) groups excluding carboxylic acids is 1. The normalized spacial score (nSPS) is 14.9. The van der Waals surface area contributed by atoms with Gasteiger partial charge < -0.3 is 10.6 Å². The molecule has 0 aliphatic heterocycles. The number of aryl methyl sites for hydroxylation is 2. The molecule has 1 atom stereocenters. The summed E-state index contributed by atoms with van der Waals surface area (Å²) in [4.78, 5) is 35.3. The molecule has 0 radical (unpaired) electrons. The molecular weight excluding hydrogens is 358 g/mol. The number of hydrogen-bond acceptors (Lipinski definition) is 6. The average molecular weight is 375 g/mol. The van der Waals surface area contributed by atoms with Crippen molar-refractivity contribution in [1.82, 2.24) is 19.7 Å². The zero-order valence-corrected chi connectivity index (χ0v) is 15.2. The van der Waals surface area contributed by atoms with Crippen LogP contribution in [0.5, 0.6) is 0 Å². The number of nitrogens with one attached hydrogen (secondary N) is 2. The van der Waals surface area contributed by atoms with Gasteiger partial charge >= 0.3 is 6.03 Å². The number of carbonyl (C=O) groups is 1. The van der Waals surface area contributed by atoms with Crippen molar-refractivity contribution in [3.8, 4) is 0 Å². The van der Waals surface area contributed by atoms with E-state index in [1.807, 2.05) is 6.92 Å². The summed E-state index contributed by atoms with van der Waals surface area (Å²) in [6.07, 6.45) is 7.52. The molecule has 7 nitrogen and oxygen atoms in total. The maximum atomic E-state index is 12.3. The van der Waals surface area contributed by atoms with Crippen LogP contribution in [-0.2, 0) is 12.8 Å². The van der Waals surface area contributed by atoms with Crippen LogP contribution in [0.1, 0.15) is 41.4 Å². The van der Waals surface area contributed by atoms with E-state index in [9.17, 15) is 9.59 Å². The highest BCUT2D eigenvalue weighted by molar-refractivity contribution is 7.15. The van der Waals surface area contributed by atoms with Gasteiger partial charge in [-0.2, -0.15) is 0 Å². The Kier molecular flexibility index (Phi) is 4.26. The molecule has 2 N–H and O–H groups in total. The summed E-state index contributed by atoms with van der Waals surface area (Å²) in [7, 11) is 0. The Labute approximate surface area is 151 Å². The van der Waals surface area contributed by atoms with E-state index < -0.39 is 6.03 Å². The van der Waals surface area contributed by atoms with Crippen LogP contribution in [0.4, 0.5) is 10.5 Å². The summed E-state index contributed by atoms with van der Waals surface area (Å²) in [5.74, 6) is 0. The van der Waals surface area contributed by atoms with Crippen molar-refractivity contribution < 1.29 is 4.79 Å². The van der Waals surface area contributed by atoms with Gasteiger partial charge in [0.25, 0.3) is 5.56 Å². The Morgan fingerprint density at radius 1 is 1.36 bits per heavy atom. The second-order valence-electron chi connectivity index (χ2n) is 5.98. The van der Waals surface area contributed by atoms with Gasteiger partial charge in [0.15, 0.2) is 4.96 Å². The van der Waals surface area contributed by atoms with Crippen LogP contribution in [0.3, 0.4) is 0 Å². The van der Waals surface area contributed by atoms with Gasteiger partial charge in [-0.1, -0.05) is 0 Å². The van der Waals surface area contributed by atoms with Crippen LogP contribution in [0.2, 0.25) is 0 Å². The zero-order valence-electron chi connectivity index (χ0n) is 13.6. The van der Waals surface area contributed by atoms with Crippen molar-refractivity contribution in [3.05, 3.63) is 43.7 Å². The molecule has 0 bridgehead atoms. The third-order valence-corrected chi connectivity index (χ3v) is 6.28. The third-order valence-electron chi connectivity index (χ3n) is 4.17. The fourth-order valence-corrected chi connectivity index (χ4v) is 4.72. The molecule has 3 heterocycles. The molecule has 4 rings (SSSR count). The molecule has 0 saturated heterocycles. The summed E-state index contributed by atoms with van der Waals surface area (Å²) < 4.78 is 1.42. The van der Waals surface area contributed by atoms with Crippen molar-refractivity contribution in [2.75, 3.05) is 5.32 Å². The van der Waals surface area contributed by atoms with Crippen LogP contribution in [0, 0.1) is 0 Å². The molecule has 3 aromatic rings. The highest BCUT2D eigenvalue weighted by Crippen LogP contribution is 2.29. The van der Waals surface area contributed by atoms with E-state index >= 15 is 0 Å². The average Bonchev–Trinajstić information content (AvgIpc) is 3.24. The first-order chi connectivity index (χ1) is 12.1. The second-order valence-corrected chi connectivity index (χ2v) is 7.97. The van der Waals surface area contributed by atoms with E-state index in [1.54, 1.807) is 22.9 Å². The van der Waals surface area contributed by atoms with Crippen LogP contribution in [0.25, 0.3) is 4.96 Å². The highest BCUT2D eigenvalue weighted by atomic mass is 32.1. The third kappa shape index (κ3) is 3.16. The molecule has 0 unspecified atom stereocenters. The lowest BCUT2D eigenvalue weighted by Crippen LogP contribution is -2.33. The van der Waals surface area contributed by atoms with Crippen molar-refractivity contribution in [3.63, 3.8) is 0 Å². The van der Waals surface area contributed by atoms with Gasteiger partial charge in [0.2, 0.25) is 0 Å². The van der Waals surface area contributed by atoms with E-state index in [4.69, 9.17) is 0 Å². The molecule has 0 fully saturated rings. The lowest BCUT2D eigenvalue weighted by Gasteiger charge is -2.12. The predicted octanol–water partition coefficient (Wildman–Crippen LogP) is 2.97. The van der Waals surface area contributed by atoms with E-state index in [2.05, 4.69) is 20.6 Å². The van der Waals surface area contributed by atoms with Gasteiger partial charge in [-0.15, -0.1) is 22.7 Å². The summed E-state index contributed by atoms with van der Waals surface area (Å²) >= 11 is 3.03. The minimum atomic E-state index is -0.435. The first kappa shape index (κ1) is 16.2. The maximum Gasteiger partial charge on any atom is 0.319 e. The van der Waals surface area contributed by atoms with E-state index in [-0.39, 0.29) is 17.3 Å². The minimum Gasteiger partial charge on any atom is -0.329 e. The Bertz CT molecular complexity index is 966. The number of rotatable bonds is 3. The van der Waals surface area contributed by atoms with Gasteiger partial charge in [0.1, 0.15) is 10.7 Å². The molecule has 3 aromatic heterocycles. The molecule has 0 saturated carbocycles. The molecule has 130 valence electrons. The smallest absolute Gasteiger partial charge is 0.319 e. The topological polar surface area (TPSA) is 88.4 Å². The standard InChI is InChI=1S/C16H17N5O2S2/c1-9(13-19-10-4-2-3-5-12(10)25-13)18-15(23)20-11-8-17-16-21(14(11)22)6-7-24-16/h6-9H,2-5H2,1H3,(H2,18,20,23)/t9-/m1/s1. The van der Waals surface area contributed by atoms with Crippen molar-refractivity contribution in [2.24, 2.45) is 0 Å². The van der Waals surface area contributed by atoms with Gasteiger partial charge in [0.05, 0.1) is 17.9 Å². The predicted molar refractivity (Wildman–Crippen MR) is 98.7 cm³/mol. The summed E-state index contributed by atoms with van der Waals surface area (Å²) in [5.41, 5.74) is 1.03. The van der Waals surface area contributed by atoms with Gasteiger partial charge in [-0.25, -0.2) is 14.8 Å². The molecular formula is C16H17N5O2S2. The summed E-state index contributed by atoms with van der Waals surface area (Å²) in [6.45, 7) is 1.90. The van der Waals surface area contributed by atoms with Crippen molar-refractivity contribution in [2.45, 2.75) is 38.6 Å². The lowest BCUT2D eigenvalue weighted by molar-refractivity contribution is 0.249. The fourth-order valence-electron chi connectivity index (χ4n) is 2.88. The summed E-state index contributed by atoms with van der Waals surface area (Å²) in [6, 6.07) is -0.647. The molecule has 0 spiro atoms. The number of urea groups is 1. The molecule has 9 heteroatoms. The van der Waals surface area contributed by atoms with Crippen molar-refractivity contribution in [1.29, 1.82) is 0 Å². The van der Waals surface area contributed by atoms with E-state index in [1.165, 1.54) is 45.3 Å². The first-order valence-corrected chi connectivity index (χ1v) is 9.82. The van der Waals surface area contributed by atoms with Crippen LogP contribution >= 0.6 is 22.7 Å². The Balaban J connectivity index is 1.46. The number of fused-ring (bicyclic) bond motifs is 2. The quantitative estimate of drug-likeness (QED) is 0.737. The lowest BCUT2D eigenvalue weighted by atomic mass is 10.0. The van der Waals surface area contributed by atoms with Gasteiger partial charge in [-0.3, -0.25) is 9.20 Å². The Morgan fingerprint density at radius 3 is 3.04 bits per heavy atom. The SMILES string of the molecule is C[C@@H](NC(=O)Nc1cnc2sccn2c1=O)c1nc2c(s1)CCCC2. The highest BCUT2D eigenvalue weighted by Gasteiger charge is 2.20. The summed E-state index contributed by atoms with van der Waals surface area (Å²) in [5, 5.41) is 8.12. The Morgan fingerprint density at radius 2 is 2.20 bits per heavy atom. The van der Waals surface area contributed by atoms with E-state index in [0.29, 0.717) is 4.96 Å². The number of amides is 2. The molecule has 25 heavy (non-hydrogen) atoms. The maximum absolute atomic E-state index is 12.3. The largest absolute Gasteiger partial charge is 0.329 e. The molecule has 1 aliphatic rings. The number of thiazole rings is 2. The monoisotopic (exact) mass is 375 g/mol. The second kappa shape index (κ2) is 6.57. The molecule has 0 aromatic carbocycles. The number of anilines is 1. The van der Waals surface area contributed by atoms with Crippen LogP contribution in [0.15, 0.2) is 22.6 Å². The fraction of sp³-hybridized carbons (Fsp3) is 0.375. The number of aromatic nitrogens is 3. The van der Waals surface area contributed by atoms with Gasteiger partial charge in [-0.05, 0) is 32.6 Å². The molecule has 2 amide bonds. The minimum absolute atomic E-state index is 0.152. The Hall–Kier alpha value is -2.26. The number of hydrogen-bond donors (Lipinski definition) is 2.